The second-order valence-electron chi connectivity index (χ2n) is 3.88. The fourth-order valence-electron chi connectivity index (χ4n) is 1.48. The van der Waals surface area contributed by atoms with Crippen LogP contribution >= 0.6 is 11.6 Å². The average molecular weight is 213 g/mol. The summed E-state index contributed by atoms with van der Waals surface area (Å²) in [6.45, 7) is 2.10. The van der Waals surface area contributed by atoms with E-state index in [4.69, 9.17) is 11.6 Å². The Balaban J connectivity index is 3.24. The molecule has 0 aliphatic carbocycles. The lowest BCUT2D eigenvalue weighted by Crippen LogP contribution is -2.13. The lowest BCUT2D eigenvalue weighted by Gasteiger charge is -2.20. The lowest BCUT2D eigenvalue weighted by molar-refractivity contribution is 1.09. The highest BCUT2D eigenvalue weighted by Gasteiger charge is 2.08. The van der Waals surface area contributed by atoms with Gasteiger partial charge in [-0.3, -0.25) is 0 Å². The van der Waals surface area contributed by atoms with Gasteiger partial charge in [0.2, 0.25) is 0 Å². The lowest BCUT2D eigenvalue weighted by atomic mass is 10.1. The number of rotatable bonds is 2. The summed E-state index contributed by atoms with van der Waals surface area (Å²) in [5, 5.41) is 0.796. The number of hydrogen-bond acceptors (Lipinski definition) is 2. The zero-order valence-corrected chi connectivity index (χ0v) is 10.2. The predicted octanol–water partition coefficient (Wildman–Crippen LogP) is 2.78. The van der Waals surface area contributed by atoms with E-state index in [-0.39, 0.29) is 0 Å². The van der Waals surface area contributed by atoms with Crippen LogP contribution in [0.3, 0.4) is 0 Å². The maximum atomic E-state index is 6.17. The van der Waals surface area contributed by atoms with Gasteiger partial charge >= 0.3 is 0 Å². The quantitative estimate of drug-likeness (QED) is 0.744. The Kier molecular flexibility index (Phi) is 3.27. The molecular weight excluding hydrogens is 196 g/mol. The molecule has 0 N–H and O–H groups in total. The fraction of sp³-hybridized carbons (Fsp3) is 0.455. The van der Waals surface area contributed by atoms with Crippen LogP contribution in [0.4, 0.5) is 11.4 Å². The number of aryl methyl sites for hydroxylation is 1. The Morgan fingerprint density at radius 1 is 0.929 bits per heavy atom. The Bertz CT molecular complexity index is 299. The summed E-state index contributed by atoms with van der Waals surface area (Å²) in [6.07, 6.45) is 0. The van der Waals surface area contributed by atoms with E-state index in [0.717, 1.165) is 10.7 Å². The molecule has 0 unspecified atom stereocenters. The largest absolute Gasteiger partial charge is 0.377 e. The van der Waals surface area contributed by atoms with Crippen molar-refractivity contribution in [1.29, 1.82) is 0 Å². The molecule has 3 heteroatoms. The van der Waals surface area contributed by atoms with Crippen molar-refractivity contribution < 1.29 is 0 Å². The second kappa shape index (κ2) is 4.09. The molecular formula is C11H17ClN2. The molecule has 2 nitrogen and oxygen atoms in total. The Labute approximate surface area is 91.1 Å². The van der Waals surface area contributed by atoms with Crippen molar-refractivity contribution in [3.8, 4) is 0 Å². The minimum Gasteiger partial charge on any atom is -0.377 e. The molecule has 0 heterocycles. The van der Waals surface area contributed by atoms with E-state index >= 15 is 0 Å². The van der Waals surface area contributed by atoms with Crippen LogP contribution in [0, 0.1) is 6.92 Å². The molecule has 0 atom stereocenters. The molecule has 1 rings (SSSR count). The van der Waals surface area contributed by atoms with E-state index in [2.05, 4.69) is 17.9 Å². The second-order valence-corrected chi connectivity index (χ2v) is 4.29. The summed E-state index contributed by atoms with van der Waals surface area (Å²) in [5.41, 5.74) is 3.47. The van der Waals surface area contributed by atoms with Crippen molar-refractivity contribution in [1.82, 2.24) is 0 Å². The van der Waals surface area contributed by atoms with E-state index in [0.29, 0.717) is 0 Å². The molecule has 0 radical (unpaired) electrons. The number of halogens is 1. The highest BCUT2D eigenvalue weighted by molar-refractivity contribution is 6.33. The highest BCUT2D eigenvalue weighted by Crippen LogP contribution is 2.31. The van der Waals surface area contributed by atoms with Crippen LogP contribution in [0.15, 0.2) is 12.1 Å². The van der Waals surface area contributed by atoms with Crippen LogP contribution in [0.5, 0.6) is 0 Å². The summed E-state index contributed by atoms with van der Waals surface area (Å²) in [6, 6.07) is 4.11. The zero-order chi connectivity index (χ0) is 10.9. The van der Waals surface area contributed by atoms with Gasteiger partial charge in [-0.25, -0.2) is 0 Å². The minimum absolute atomic E-state index is 0.796. The fourth-order valence-corrected chi connectivity index (χ4v) is 1.81. The van der Waals surface area contributed by atoms with Gasteiger partial charge in [0, 0.05) is 33.9 Å². The Hall–Kier alpha value is -0.890. The van der Waals surface area contributed by atoms with Crippen LogP contribution in [-0.2, 0) is 0 Å². The molecule has 0 amide bonds. The minimum atomic E-state index is 0.796. The van der Waals surface area contributed by atoms with Gasteiger partial charge in [-0.2, -0.15) is 0 Å². The summed E-state index contributed by atoms with van der Waals surface area (Å²) in [5.74, 6) is 0. The molecule has 0 aliphatic rings. The van der Waals surface area contributed by atoms with Gasteiger partial charge in [-0.05, 0) is 24.6 Å². The number of hydrogen-bond donors (Lipinski definition) is 0. The molecule has 0 fully saturated rings. The van der Waals surface area contributed by atoms with E-state index in [1.54, 1.807) is 0 Å². The third-order valence-electron chi connectivity index (χ3n) is 2.23. The molecule has 1 aromatic rings. The van der Waals surface area contributed by atoms with Crippen LogP contribution in [0.2, 0.25) is 5.02 Å². The van der Waals surface area contributed by atoms with Gasteiger partial charge in [0.25, 0.3) is 0 Å². The summed E-state index contributed by atoms with van der Waals surface area (Å²) >= 11 is 6.17. The van der Waals surface area contributed by atoms with E-state index in [1.807, 2.05) is 39.2 Å². The van der Waals surface area contributed by atoms with Gasteiger partial charge in [-0.1, -0.05) is 11.6 Å². The van der Waals surface area contributed by atoms with Crippen molar-refractivity contribution in [2.24, 2.45) is 0 Å². The molecule has 78 valence electrons. The highest BCUT2D eigenvalue weighted by atomic mass is 35.5. The number of anilines is 2. The summed E-state index contributed by atoms with van der Waals surface area (Å²) < 4.78 is 0. The third kappa shape index (κ3) is 2.13. The monoisotopic (exact) mass is 212 g/mol. The Morgan fingerprint density at radius 2 is 1.43 bits per heavy atom. The van der Waals surface area contributed by atoms with Crippen molar-refractivity contribution >= 4 is 23.0 Å². The van der Waals surface area contributed by atoms with E-state index < -0.39 is 0 Å². The van der Waals surface area contributed by atoms with E-state index in [1.165, 1.54) is 11.3 Å². The van der Waals surface area contributed by atoms with E-state index in [9.17, 15) is 0 Å². The van der Waals surface area contributed by atoms with Gasteiger partial charge in [-0.15, -0.1) is 0 Å². The maximum absolute atomic E-state index is 6.17. The normalized spacial score (nSPS) is 10.1. The van der Waals surface area contributed by atoms with Gasteiger partial charge < -0.3 is 9.80 Å². The zero-order valence-electron chi connectivity index (χ0n) is 9.43. The number of benzene rings is 1. The average Bonchev–Trinajstić information content (AvgIpc) is 2.07. The molecule has 0 saturated carbocycles. The molecule has 0 bridgehead atoms. The van der Waals surface area contributed by atoms with Crippen molar-refractivity contribution in [3.63, 3.8) is 0 Å². The molecule has 0 aromatic heterocycles. The molecule has 0 spiro atoms. The van der Waals surface area contributed by atoms with Gasteiger partial charge in [0.15, 0.2) is 0 Å². The first kappa shape index (κ1) is 11.2. The third-order valence-corrected chi connectivity index (χ3v) is 2.53. The van der Waals surface area contributed by atoms with Crippen molar-refractivity contribution in [2.45, 2.75) is 6.92 Å². The van der Waals surface area contributed by atoms with Crippen LogP contribution in [0.25, 0.3) is 0 Å². The first-order chi connectivity index (χ1) is 6.43. The predicted molar refractivity (Wildman–Crippen MR) is 64.8 cm³/mol. The molecule has 14 heavy (non-hydrogen) atoms. The van der Waals surface area contributed by atoms with Crippen LogP contribution in [0.1, 0.15) is 5.56 Å². The smallest absolute Gasteiger partial charge is 0.0660 e. The van der Waals surface area contributed by atoms with Crippen molar-refractivity contribution in [2.75, 3.05) is 38.0 Å². The standard InChI is InChI=1S/C11H17ClN2/c1-8-6-11(14(4)5)9(12)7-10(8)13(2)3/h6-7H,1-5H3. The number of nitrogens with zero attached hydrogens (tertiary/aromatic N) is 2. The summed E-state index contributed by atoms with van der Waals surface area (Å²) in [7, 11) is 8.04. The van der Waals surface area contributed by atoms with Crippen LogP contribution < -0.4 is 9.80 Å². The SMILES string of the molecule is Cc1cc(N(C)C)c(Cl)cc1N(C)C. The molecule has 0 aliphatic heterocycles. The molecule has 0 saturated heterocycles. The Morgan fingerprint density at radius 3 is 1.86 bits per heavy atom. The van der Waals surface area contributed by atoms with Crippen LogP contribution in [-0.4, -0.2) is 28.2 Å². The molecule has 1 aromatic carbocycles. The van der Waals surface area contributed by atoms with Gasteiger partial charge in [0.05, 0.1) is 10.7 Å². The topological polar surface area (TPSA) is 6.48 Å². The van der Waals surface area contributed by atoms with Gasteiger partial charge in [0.1, 0.15) is 0 Å². The first-order valence-electron chi connectivity index (χ1n) is 4.58. The first-order valence-corrected chi connectivity index (χ1v) is 4.96. The van der Waals surface area contributed by atoms with Crippen molar-refractivity contribution in [3.05, 3.63) is 22.7 Å². The summed E-state index contributed by atoms with van der Waals surface area (Å²) in [4.78, 5) is 4.09. The maximum Gasteiger partial charge on any atom is 0.0660 e.